The maximum absolute atomic E-state index is 13.1. The van der Waals surface area contributed by atoms with E-state index in [1.165, 1.54) is 4.90 Å². The average Bonchev–Trinajstić information content (AvgIpc) is 2.82. The number of nitrogens with one attached hydrogen (secondary N) is 1. The fourth-order valence-corrected chi connectivity index (χ4v) is 3.74. The van der Waals surface area contributed by atoms with Crippen LogP contribution in [-0.2, 0) is 10.3 Å². The number of nitrogens with zero attached hydrogens (tertiary/aromatic N) is 2. The molecular weight excluding hydrogens is 326 g/mol. The molecule has 3 amide bonds. The zero-order valence-electron chi connectivity index (χ0n) is 14.2. The van der Waals surface area contributed by atoms with E-state index in [2.05, 4.69) is 17.1 Å². The molecule has 0 spiro atoms. The van der Waals surface area contributed by atoms with Crippen molar-refractivity contribution in [1.82, 2.24) is 15.1 Å². The molecule has 2 aliphatic heterocycles. The molecule has 24 heavy (non-hydrogen) atoms. The number of amides is 3. The molecule has 2 aliphatic rings. The van der Waals surface area contributed by atoms with Gasteiger partial charge in [0.05, 0.1) is 6.67 Å². The molecule has 130 valence electrons. The van der Waals surface area contributed by atoms with E-state index in [9.17, 15) is 9.59 Å². The smallest absolute Gasteiger partial charge is 0.319 e. The third-order valence-electron chi connectivity index (χ3n) is 5.24. The van der Waals surface area contributed by atoms with Gasteiger partial charge in [-0.25, -0.2) is 9.69 Å². The second kappa shape index (κ2) is 6.73. The van der Waals surface area contributed by atoms with E-state index in [1.54, 1.807) is 12.1 Å². The number of rotatable bonds is 4. The zero-order valence-corrected chi connectivity index (χ0v) is 15.0. The van der Waals surface area contributed by atoms with E-state index in [0.29, 0.717) is 24.0 Å². The lowest BCUT2D eigenvalue weighted by atomic mass is 9.87. The minimum atomic E-state index is -1.01. The Kier molecular flexibility index (Phi) is 4.83. The number of piperidine rings is 1. The van der Waals surface area contributed by atoms with Gasteiger partial charge in [-0.1, -0.05) is 37.6 Å². The van der Waals surface area contributed by atoms with Crippen molar-refractivity contribution in [2.75, 3.05) is 19.8 Å². The number of hydrogen-bond donors (Lipinski definition) is 1. The fraction of sp³-hybridized carbons (Fsp3) is 0.556. The molecule has 1 aromatic rings. The van der Waals surface area contributed by atoms with E-state index in [4.69, 9.17) is 11.6 Å². The molecule has 1 atom stereocenters. The Morgan fingerprint density at radius 2 is 2.00 bits per heavy atom. The first kappa shape index (κ1) is 17.2. The van der Waals surface area contributed by atoms with Crippen molar-refractivity contribution in [2.24, 2.45) is 5.92 Å². The lowest BCUT2D eigenvalue weighted by molar-refractivity contribution is -0.133. The van der Waals surface area contributed by atoms with Crippen LogP contribution in [0.3, 0.4) is 0 Å². The maximum Gasteiger partial charge on any atom is 0.326 e. The van der Waals surface area contributed by atoms with Gasteiger partial charge in [-0.15, -0.1) is 0 Å². The van der Waals surface area contributed by atoms with Crippen molar-refractivity contribution < 1.29 is 9.59 Å². The Labute approximate surface area is 147 Å². The molecule has 0 unspecified atom stereocenters. The topological polar surface area (TPSA) is 52.7 Å². The molecule has 0 bridgehead atoms. The maximum atomic E-state index is 13.1. The summed E-state index contributed by atoms with van der Waals surface area (Å²) < 4.78 is 0. The van der Waals surface area contributed by atoms with Gasteiger partial charge in [0.2, 0.25) is 0 Å². The van der Waals surface area contributed by atoms with Crippen LogP contribution in [0.5, 0.6) is 0 Å². The van der Waals surface area contributed by atoms with Crippen molar-refractivity contribution in [3.63, 3.8) is 0 Å². The molecule has 0 saturated carbocycles. The van der Waals surface area contributed by atoms with E-state index in [1.807, 2.05) is 19.1 Å². The van der Waals surface area contributed by atoms with Gasteiger partial charge in [0, 0.05) is 18.1 Å². The molecule has 1 aromatic carbocycles. The Balaban J connectivity index is 1.81. The summed E-state index contributed by atoms with van der Waals surface area (Å²) in [7, 11) is 0. The quantitative estimate of drug-likeness (QED) is 0.849. The van der Waals surface area contributed by atoms with Gasteiger partial charge in [0.1, 0.15) is 5.54 Å². The minimum Gasteiger partial charge on any atom is -0.319 e. The predicted octanol–water partition coefficient (Wildman–Crippen LogP) is 3.19. The Hall–Kier alpha value is -1.59. The number of carbonyl (C=O) groups is 2. The van der Waals surface area contributed by atoms with Crippen molar-refractivity contribution in [2.45, 2.75) is 38.6 Å². The zero-order chi connectivity index (χ0) is 17.3. The summed E-state index contributed by atoms with van der Waals surface area (Å²) in [5, 5.41) is 3.47. The largest absolute Gasteiger partial charge is 0.326 e. The summed E-state index contributed by atoms with van der Waals surface area (Å²) in [5.74, 6) is 0.529. The van der Waals surface area contributed by atoms with Gasteiger partial charge in [0.25, 0.3) is 5.91 Å². The summed E-state index contributed by atoms with van der Waals surface area (Å²) in [5.41, 5.74) is -0.268. The molecule has 3 rings (SSSR count). The third kappa shape index (κ3) is 3.03. The van der Waals surface area contributed by atoms with Gasteiger partial charge in [-0.2, -0.15) is 0 Å². The highest BCUT2D eigenvalue weighted by atomic mass is 35.5. The van der Waals surface area contributed by atoms with Gasteiger partial charge in [-0.05, 0) is 42.9 Å². The lowest BCUT2D eigenvalue weighted by Gasteiger charge is -2.32. The van der Waals surface area contributed by atoms with Crippen LogP contribution in [0.1, 0.15) is 38.7 Å². The molecule has 6 heteroatoms. The van der Waals surface area contributed by atoms with Crippen molar-refractivity contribution >= 4 is 23.5 Å². The average molecular weight is 350 g/mol. The Bertz CT molecular complexity index is 643. The summed E-state index contributed by atoms with van der Waals surface area (Å²) in [6.07, 6.45) is 2.71. The predicted molar refractivity (Wildman–Crippen MR) is 93.6 cm³/mol. The highest BCUT2D eigenvalue weighted by Crippen LogP contribution is 2.34. The molecule has 0 aromatic heterocycles. The number of likely N-dealkylation sites (tertiary alicyclic amines) is 1. The minimum absolute atomic E-state index is 0.184. The second-order valence-corrected chi connectivity index (χ2v) is 7.31. The summed E-state index contributed by atoms with van der Waals surface area (Å²) in [6, 6.07) is 6.86. The molecule has 0 radical (unpaired) electrons. The Morgan fingerprint density at radius 3 is 2.62 bits per heavy atom. The van der Waals surface area contributed by atoms with Gasteiger partial charge >= 0.3 is 6.03 Å². The first-order valence-electron chi connectivity index (χ1n) is 8.59. The van der Waals surface area contributed by atoms with Crippen molar-refractivity contribution in [3.8, 4) is 0 Å². The van der Waals surface area contributed by atoms with Crippen LogP contribution in [0, 0.1) is 5.92 Å². The Morgan fingerprint density at radius 1 is 1.29 bits per heavy atom. The number of imide groups is 1. The van der Waals surface area contributed by atoms with Gasteiger partial charge in [0.15, 0.2) is 0 Å². The van der Waals surface area contributed by atoms with Crippen molar-refractivity contribution in [1.29, 1.82) is 0 Å². The monoisotopic (exact) mass is 349 g/mol. The molecule has 2 heterocycles. The van der Waals surface area contributed by atoms with E-state index >= 15 is 0 Å². The first-order chi connectivity index (χ1) is 11.5. The van der Waals surface area contributed by atoms with Crippen LogP contribution < -0.4 is 5.32 Å². The van der Waals surface area contributed by atoms with E-state index < -0.39 is 5.54 Å². The van der Waals surface area contributed by atoms with Crippen molar-refractivity contribution in [3.05, 3.63) is 34.9 Å². The van der Waals surface area contributed by atoms with Crippen LogP contribution >= 0.6 is 11.6 Å². The number of urea groups is 1. The fourth-order valence-electron chi connectivity index (χ4n) is 3.55. The number of halogens is 1. The highest BCUT2D eigenvalue weighted by Gasteiger charge is 2.51. The van der Waals surface area contributed by atoms with E-state index in [0.717, 1.165) is 31.5 Å². The summed E-state index contributed by atoms with van der Waals surface area (Å²) >= 11 is 6.09. The normalized spacial score (nSPS) is 26.0. The first-order valence-corrected chi connectivity index (χ1v) is 8.96. The number of benzene rings is 1. The number of carbonyl (C=O) groups excluding carboxylic acids is 2. The van der Waals surface area contributed by atoms with Gasteiger partial charge in [-0.3, -0.25) is 9.69 Å². The van der Waals surface area contributed by atoms with Crippen LogP contribution in [0.4, 0.5) is 4.79 Å². The van der Waals surface area contributed by atoms with Crippen LogP contribution in [-0.4, -0.2) is 41.5 Å². The van der Waals surface area contributed by atoms with Crippen LogP contribution in [0.2, 0.25) is 5.02 Å². The third-order valence-corrected chi connectivity index (χ3v) is 5.48. The molecule has 1 N–H and O–H groups in total. The standard InChI is InChI=1S/C18H24ClN3O2/c1-3-18(14-5-4-6-15(19)11-14)16(23)22(17(24)20-18)12-21-9-7-13(2)8-10-21/h4-6,11,13H,3,7-10,12H2,1-2H3,(H,20,24)/t18-/m1/s1. The molecule has 0 aliphatic carbocycles. The molecule has 2 fully saturated rings. The van der Waals surface area contributed by atoms with Crippen LogP contribution in [0.25, 0.3) is 0 Å². The molecular formula is C18H24ClN3O2. The molecule has 5 nitrogen and oxygen atoms in total. The molecule has 2 saturated heterocycles. The van der Waals surface area contributed by atoms with Gasteiger partial charge < -0.3 is 5.32 Å². The second-order valence-electron chi connectivity index (χ2n) is 6.87. The lowest BCUT2D eigenvalue weighted by Crippen LogP contribution is -2.46. The highest BCUT2D eigenvalue weighted by molar-refractivity contribution is 6.30. The van der Waals surface area contributed by atoms with E-state index in [-0.39, 0.29) is 11.9 Å². The summed E-state index contributed by atoms with van der Waals surface area (Å²) in [4.78, 5) is 29.1. The number of hydrogen-bond acceptors (Lipinski definition) is 3. The SMILES string of the molecule is CC[C@]1(c2cccc(Cl)c2)NC(=O)N(CN2CCC(C)CC2)C1=O. The summed E-state index contributed by atoms with van der Waals surface area (Å²) in [6.45, 7) is 6.36. The van der Waals surface area contributed by atoms with Crippen LogP contribution in [0.15, 0.2) is 24.3 Å².